The van der Waals surface area contributed by atoms with Gasteiger partial charge >= 0.3 is 0 Å². The number of rotatable bonds is 4. The summed E-state index contributed by atoms with van der Waals surface area (Å²) in [4.78, 5) is 24.1. The van der Waals surface area contributed by atoms with E-state index < -0.39 is 0 Å². The van der Waals surface area contributed by atoms with E-state index in [9.17, 15) is 4.79 Å². The smallest absolute Gasteiger partial charge is 0.239 e. The van der Waals surface area contributed by atoms with Gasteiger partial charge in [-0.05, 0) is 39.3 Å². The molecule has 0 radical (unpaired) electrons. The number of carbonyl (C=O) groups excluding carboxylic acids is 1. The molecule has 0 saturated carbocycles. The third-order valence-electron chi connectivity index (χ3n) is 4.99. The Bertz CT molecular complexity index is 532. The zero-order chi connectivity index (χ0) is 16.2. The number of thiazole rings is 1. The zero-order valence-corrected chi connectivity index (χ0v) is 15.1. The van der Waals surface area contributed by atoms with Crippen LogP contribution in [-0.2, 0) is 17.8 Å². The maximum absolute atomic E-state index is 12.7. The first kappa shape index (κ1) is 16.9. The Kier molecular flexibility index (Phi) is 5.67. The molecule has 0 bridgehead atoms. The number of amides is 1. The topological polar surface area (TPSA) is 39.7 Å². The van der Waals surface area contributed by atoms with Crippen molar-refractivity contribution in [1.29, 1.82) is 0 Å². The first-order valence-electron chi connectivity index (χ1n) is 8.82. The Morgan fingerprint density at radius 3 is 2.83 bits per heavy atom. The third kappa shape index (κ3) is 4.11. The summed E-state index contributed by atoms with van der Waals surface area (Å²) in [6.07, 6.45) is 4.25. The Balaban J connectivity index is 1.53. The minimum Gasteiger partial charge on any atom is -0.340 e. The van der Waals surface area contributed by atoms with Gasteiger partial charge in [0.05, 0.1) is 16.7 Å². The summed E-state index contributed by atoms with van der Waals surface area (Å²) in [5.74, 6) is 0.341. The van der Waals surface area contributed by atoms with Crippen LogP contribution in [0.25, 0.3) is 0 Å². The van der Waals surface area contributed by atoms with Crippen molar-refractivity contribution in [3.63, 3.8) is 0 Å². The van der Waals surface area contributed by atoms with Crippen LogP contribution in [0.4, 0.5) is 0 Å². The fraction of sp³-hybridized carbons (Fsp3) is 0.765. The van der Waals surface area contributed by atoms with E-state index in [4.69, 9.17) is 0 Å². The highest BCUT2D eigenvalue weighted by Gasteiger charge is 2.32. The second-order valence-corrected chi connectivity index (χ2v) is 7.62. The number of carbonyl (C=O) groups is 1. The molecule has 2 fully saturated rings. The normalized spacial score (nSPS) is 24.1. The molecule has 2 saturated heterocycles. The summed E-state index contributed by atoms with van der Waals surface area (Å²) in [5, 5.41) is 3.40. The Hall–Kier alpha value is -0.980. The minimum atomic E-state index is 0.118. The highest BCUT2D eigenvalue weighted by atomic mass is 32.1. The van der Waals surface area contributed by atoms with Crippen LogP contribution < -0.4 is 0 Å². The van der Waals surface area contributed by atoms with Gasteiger partial charge in [-0.1, -0.05) is 6.92 Å². The van der Waals surface area contributed by atoms with Crippen LogP contribution in [-0.4, -0.2) is 71.4 Å². The van der Waals surface area contributed by atoms with Crippen molar-refractivity contribution >= 4 is 17.2 Å². The van der Waals surface area contributed by atoms with Crippen molar-refractivity contribution in [1.82, 2.24) is 19.7 Å². The standard InChI is InChI=1S/C17H28N4OS/c1-3-16-18-14(13-23-16)12-20-8-5-9-21(11-10-20)17(22)15-6-4-7-19(15)2/h13,15H,3-12H2,1-2H3/t15-/m0/s1. The monoisotopic (exact) mass is 336 g/mol. The Morgan fingerprint density at radius 1 is 1.26 bits per heavy atom. The van der Waals surface area contributed by atoms with Gasteiger partial charge in [0.25, 0.3) is 0 Å². The molecule has 6 heteroatoms. The Labute approximate surface area is 143 Å². The number of hydrogen-bond acceptors (Lipinski definition) is 5. The number of aryl methyl sites for hydroxylation is 1. The van der Waals surface area contributed by atoms with Crippen LogP contribution in [0.3, 0.4) is 0 Å². The van der Waals surface area contributed by atoms with Crippen molar-refractivity contribution in [3.8, 4) is 0 Å². The van der Waals surface area contributed by atoms with Crippen molar-refractivity contribution in [2.24, 2.45) is 0 Å². The SMILES string of the molecule is CCc1nc(CN2CCCN(C(=O)[C@@H]3CCCN3C)CC2)cs1. The largest absolute Gasteiger partial charge is 0.340 e. The number of aromatic nitrogens is 1. The minimum absolute atomic E-state index is 0.118. The first-order chi connectivity index (χ1) is 11.2. The average Bonchev–Trinajstić information content (AvgIpc) is 3.11. The molecule has 128 valence electrons. The van der Waals surface area contributed by atoms with E-state index >= 15 is 0 Å². The molecule has 0 aliphatic carbocycles. The van der Waals surface area contributed by atoms with Crippen LogP contribution in [0.1, 0.15) is 36.9 Å². The predicted molar refractivity (Wildman–Crippen MR) is 93.6 cm³/mol. The molecular weight excluding hydrogens is 308 g/mol. The van der Waals surface area contributed by atoms with E-state index in [-0.39, 0.29) is 6.04 Å². The van der Waals surface area contributed by atoms with E-state index in [1.165, 1.54) is 10.7 Å². The molecule has 1 aromatic heterocycles. The van der Waals surface area contributed by atoms with Crippen LogP contribution in [0.5, 0.6) is 0 Å². The van der Waals surface area contributed by atoms with Gasteiger partial charge in [0, 0.05) is 38.1 Å². The third-order valence-corrected chi connectivity index (χ3v) is 6.04. The lowest BCUT2D eigenvalue weighted by Gasteiger charge is -2.27. The fourth-order valence-electron chi connectivity index (χ4n) is 3.60. The zero-order valence-electron chi connectivity index (χ0n) is 14.3. The molecular formula is C17H28N4OS. The summed E-state index contributed by atoms with van der Waals surface area (Å²) < 4.78 is 0. The van der Waals surface area contributed by atoms with E-state index in [0.29, 0.717) is 5.91 Å². The van der Waals surface area contributed by atoms with Gasteiger partial charge in [-0.15, -0.1) is 11.3 Å². The second-order valence-electron chi connectivity index (χ2n) is 6.68. The molecule has 1 aromatic rings. The molecule has 0 N–H and O–H groups in total. The molecule has 0 aromatic carbocycles. The summed E-state index contributed by atoms with van der Waals surface area (Å²) in [6, 6.07) is 0.118. The van der Waals surface area contributed by atoms with E-state index in [1.54, 1.807) is 11.3 Å². The molecule has 0 unspecified atom stereocenters. The maximum atomic E-state index is 12.7. The fourth-order valence-corrected chi connectivity index (χ4v) is 4.33. The van der Waals surface area contributed by atoms with Gasteiger partial charge in [0.15, 0.2) is 0 Å². The molecule has 3 heterocycles. The lowest BCUT2D eigenvalue weighted by atomic mass is 10.2. The quantitative estimate of drug-likeness (QED) is 0.841. The number of nitrogens with zero attached hydrogens (tertiary/aromatic N) is 4. The van der Waals surface area contributed by atoms with Gasteiger partial charge in [-0.2, -0.15) is 0 Å². The van der Waals surface area contributed by atoms with Crippen molar-refractivity contribution in [3.05, 3.63) is 16.1 Å². The van der Waals surface area contributed by atoms with Crippen LogP contribution in [0, 0.1) is 0 Å². The van der Waals surface area contributed by atoms with E-state index in [0.717, 1.165) is 65.0 Å². The summed E-state index contributed by atoms with van der Waals surface area (Å²) >= 11 is 1.76. The van der Waals surface area contributed by atoms with Crippen molar-refractivity contribution in [2.75, 3.05) is 39.8 Å². The van der Waals surface area contributed by atoms with Gasteiger partial charge in [-0.3, -0.25) is 14.6 Å². The summed E-state index contributed by atoms with van der Waals surface area (Å²) in [7, 11) is 2.08. The molecule has 5 nitrogen and oxygen atoms in total. The lowest BCUT2D eigenvalue weighted by molar-refractivity contribution is -0.135. The highest BCUT2D eigenvalue weighted by molar-refractivity contribution is 7.09. The van der Waals surface area contributed by atoms with Gasteiger partial charge in [-0.25, -0.2) is 4.98 Å². The second kappa shape index (κ2) is 7.73. The lowest BCUT2D eigenvalue weighted by Crippen LogP contribution is -2.45. The first-order valence-corrected chi connectivity index (χ1v) is 9.70. The number of likely N-dealkylation sites (N-methyl/N-ethyl adjacent to an activating group) is 1. The van der Waals surface area contributed by atoms with Crippen molar-refractivity contribution in [2.45, 2.75) is 45.2 Å². The molecule has 0 spiro atoms. The molecule has 2 aliphatic rings. The maximum Gasteiger partial charge on any atom is 0.239 e. The van der Waals surface area contributed by atoms with Gasteiger partial charge in [0.1, 0.15) is 0 Å². The molecule has 3 rings (SSSR count). The van der Waals surface area contributed by atoms with Crippen molar-refractivity contribution < 1.29 is 4.79 Å². The Morgan fingerprint density at radius 2 is 2.13 bits per heavy atom. The summed E-state index contributed by atoms with van der Waals surface area (Å²) in [6.45, 7) is 7.90. The molecule has 1 atom stereocenters. The predicted octanol–water partition coefficient (Wildman–Crippen LogP) is 1.83. The van der Waals surface area contributed by atoms with Crippen LogP contribution in [0.2, 0.25) is 0 Å². The molecule has 23 heavy (non-hydrogen) atoms. The van der Waals surface area contributed by atoms with Gasteiger partial charge in [0.2, 0.25) is 5.91 Å². The summed E-state index contributed by atoms with van der Waals surface area (Å²) in [5.41, 5.74) is 1.18. The molecule has 1 amide bonds. The number of hydrogen-bond donors (Lipinski definition) is 0. The number of likely N-dealkylation sites (tertiary alicyclic amines) is 1. The van der Waals surface area contributed by atoms with Crippen LogP contribution in [0.15, 0.2) is 5.38 Å². The highest BCUT2D eigenvalue weighted by Crippen LogP contribution is 2.19. The molecule has 2 aliphatic heterocycles. The van der Waals surface area contributed by atoms with Crippen LogP contribution >= 0.6 is 11.3 Å². The van der Waals surface area contributed by atoms with E-state index in [1.807, 2.05) is 0 Å². The van der Waals surface area contributed by atoms with Gasteiger partial charge < -0.3 is 4.90 Å². The average molecular weight is 337 g/mol. The van der Waals surface area contributed by atoms with E-state index in [2.05, 4.69) is 39.0 Å².